The summed E-state index contributed by atoms with van der Waals surface area (Å²) in [5, 5.41) is 0. The molecule has 5 nitrogen and oxygen atoms in total. The van der Waals surface area contributed by atoms with Gasteiger partial charge in [-0.25, -0.2) is 4.79 Å². The van der Waals surface area contributed by atoms with E-state index >= 15 is 0 Å². The number of carbonyl (C=O) groups excluding carboxylic acids is 2. The van der Waals surface area contributed by atoms with Crippen molar-refractivity contribution in [1.29, 1.82) is 0 Å². The van der Waals surface area contributed by atoms with Crippen LogP contribution < -0.4 is 10.5 Å². The number of primary amides is 1. The van der Waals surface area contributed by atoms with Gasteiger partial charge in [0, 0.05) is 0 Å². The van der Waals surface area contributed by atoms with Gasteiger partial charge in [0.05, 0.1) is 5.56 Å². The molecule has 1 saturated carbocycles. The summed E-state index contributed by atoms with van der Waals surface area (Å²) in [6.45, 7) is 8.19. The second kappa shape index (κ2) is 8.37. The number of rotatable bonds is 6. The SMILES string of the molecule is Cc1ccc(C(N)=O)c(OCC(=O)O[C@@H]2C[C@@H](C)CC[C@@H]2C(C)C)c1. The lowest BCUT2D eigenvalue weighted by Crippen LogP contribution is -2.37. The van der Waals surface area contributed by atoms with Crippen LogP contribution in [0.25, 0.3) is 0 Å². The molecular formula is C20H29NO4. The summed E-state index contributed by atoms with van der Waals surface area (Å²) in [7, 11) is 0. The number of benzene rings is 1. The molecule has 0 radical (unpaired) electrons. The summed E-state index contributed by atoms with van der Waals surface area (Å²) in [6.07, 6.45) is 3.10. The van der Waals surface area contributed by atoms with E-state index in [1.165, 1.54) is 6.42 Å². The Kier molecular flexibility index (Phi) is 6.45. The monoisotopic (exact) mass is 347 g/mol. The fraction of sp³-hybridized carbons (Fsp3) is 0.600. The first kappa shape index (κ1) is 19.3. The van der Waals surface area contributed by atoms with Crippen LogP contribution in [-0.2, 0) is 9.53 Å². The van der Waals surface area contributed by atoms with Crippen molar-refractivity contribution >= 4 is 11.9 Å². The Morgan fingerprint density at radius 3 is 2.64 bits per heavy atom. The quantitative estimate of drug-likeness (QED) is 0.799. The van der Waals surface area contributed by atoms with E-state index in [0.717, 1.165) is 18.4 Å². The third kappa shape index (κ3) is 5.21. The number of hydrogen-bond acceptors (Lipinski definition) is 4. The van der Waals surface area contributed by atoms with E-state index in [1.54, 1.807) is 18.2 Å². The molecule has 1 aromatic rings. The number of ether oxygens (including phenoxy) is 2. The Balaban J connectivity index is 1.98. The number of nitrogens with two attached hydrogens (primary N) is 1. The summed E-state index contributed by atoms with van der Waals surface area (Å²) in [4.78, 5) is 23.7. The Morgan fingerprint density at radius 2 is 2.00 bits per heavy atom. The minimum atomic E-state index is -0.579. The smallest absolute Gasteiger partial charge is 0.344 e. The van der Waals surface area contributed by atoms with Gasteiger partial charge in [-0.15, -0.1) is 0 Å². The molecule has 138 valence electrons. The van der Waals surface area contributed by atoms with E-state index in [-0.39, 0.29) is 18.3 Å². The molecule has 3 atom stereocenters. The van der Waals surface area contributed by atoms with E-state index in [0.29, 0.717) is 23.5 Å². The van der Waals surface area contributed by atoms with Crippen molar-refractivity contribution in [3.8, 4) is 5.75 Å². The molecule has 1 aromatic carbocycles. The van der Waals surface area contributed by atoms with Gasteiger partial charge in [0.15, 0.2) is 6.61 Å². The van der Waals surface area contributed by atoms with Crippen LogP contribution in [0.2, 0.25) is 0 Å². The summed E-state index contributed by atoms with van der Waals surface area (Å²) < 4.78 is 11.2. The van der Waals surface area contributed by atoms with E-state index in [9.17, 15) is 9.59 Å². The summed E-state index contributed by atoms with van der Waals surface area (Å²) in [6, 6.07) is 5.09. The minimum Gasteiger partial charge on any atom is -0.481 e. The molecule has 1 aliphatic carbocycles. The predicted octanol–water partition coefficient (Wildman–Crippen LogP) is 3.48. The average molecular weight is 347 g/mol. The number of carbonyl (C=O) groups is 2. The molecule has 2 rings (SSSR count). The van der Waals surface area contributed by atoms with Crippen LogP contribution in [0, 0.1) is 24.7 Å². The zero-order chi connectivity index (χ0) is 18.6. The van der Waals surface area contributed by atoms with Crippen molar-refractivity contribution in [3.63, 3.8) is 0 Å². The lowest BCUT2D eigenvalue weighted by molar-refractivity contribution is -0.158. The van der Waals surface area contributed by atoms with E-state index in [2.05, 4.69) is 20.8 Å². The molecule has 0 bridgehead atoms. The van der Waals surface area contributed by atoms with Gasteiger partial charge in [0.2, 0.25) is 0 Å². The lowest BCUT2D eigenvalue weighted by Gasteiger charge is -2.36. The molecule has 2 N–H and O–H groups in total. The fourth-order valence-electron chi connectivity index (χ4n) is 3.54. The maximum absolute atomic E-state index is 12.3. The molecule has 0 aliphatic heterocycles. The average Bonchev–Trinajstić information content (AvgIpc) is 2.52. The topological polar surface area (TPSA) is 78.6 Å². The number of esters is 1. The second-order valence-electron chi connectivity index (χ2n) is 7.51. The zero-order valence-electron chi connectivity index (χ0n) is 15.6. The van der Waals surface area contributed by atoms with E-state index < -0.39 is 11.9 Å². The van der Waals surface area contributed by atoms with Crippen molar-refractivity contribution in [2.24, 2.45) is 23.5 Å². The highest BCUT2D eigenvalue weighted by atomic mass is 16.6. The molecule has 0 spiro atoms. The second-order valence-corrected chi connectivity index (χ2v) is 7.51. The van der Waals surface area contributed by atoms with Crippen molar-refractivity contribution in [2.75, 3.05) is 6.61 Å². The minimum absolute atomic E-state index is 0.0621. The van der Waals surface area contributed by atoms with Gasteiger partial charge in [-0.1, -0.05) is 33.3 Å². The van der Waals surface area contributed by atoms with Crippen LogP contribution in [0.3, 0.4) is 0 Å². The standard InChI is InChI=1S/C20H29NO4/c1-12(2)15-7-5-14(4)10-18(15)25-19(22)11-24-17-9-13(3)6-8-16(17)20(21)23/h6,8-9,12,14-15,18H,5,7,10-11H2,1-4H3,(H2,21,23)/t14-,15+,18+/m0/s1. The predicted molar refractivity (Wildman–Crippen MR) is 96.4 cm³/mol. The van der Waals surface area contributed by atoms with Crippen molar-refractivity contribution in [1.82, 2.24) is 0 Å². The van der Waals surface area contributed by atoms with Crippen molar-refractivity contribution in [2.45, 2.75) is 53.1 Å². The van der Waals surface area contributed by atoms with Crippen molar-refractivity contribution in [3.05, 3.63) is 29.3 Å². The molecule has 1 aliphatic rings. The maximum Gasteiger partial charge on any atom is 0.344 e. The number of hydrogen-bond donors (Lipinski definition) is 1. The van der Waals surface area contributed by atoms with Gasteiger partial charge in [0.25, 0.3) is 5.91 Å². The Hall–Kier alpha value is -2.04. The summed E-state index contributed by atoms with van der Waals surface area (Å²) in [5.41, 5.74) is 6.55. The van der Waals surface area contributed by atoms with Gasteiger partial charge in [0.1, 0.15) is 11.9 Å². The van der Waals surface area contributed by atoms with Gasteiger partial charge in [-0.2, -0.15) is 0 Å². The van der Waals surface area contributed by atoms with Crippen LogP contribution in [-0.4, -0.2) is 24.6 Å². The van der Waals surface area contributed by atoms with Gasteiger partial charge >= 0.3 is 5.97 Å². The third-order valence-electron chi connectivity index (χ3n) is 4.99. The van der Waals surface area contributed by atoms with Gasteiger partial charge in [-0.05, 0) is 55.2 Å². The molecule has 1 amide bonds. The Labute approximate surface area is 149 Å². The molecule has 0 aromatic heterocycles. The van der Waals surface area contributed by atoms with E-state index in [4.69, 9.17) is 15.2 Å². The van der Waals surface area contributed by atoms with Crippen LogP contribution in [0.15, 0.2) is 18.2 Å². The zero-order valence-corrected chi connectivity index (χ0v) is 15.6. The van der Waals surface area contributed by atoms with Crippen molar-refractivity contribution < 1.29 is 19.1 Å². The largest absolute Gasteiger partial charge is 0.481 e. The molecule has 1 fully saturated rings. The van der Waals surface area contributed by atoms with Crippen LogP contribution in [0.4, 0.5) is 0 Å². The highest BCUT2D eigenvalue weighted by Crippen LogP contribution is 2.35. The summed E-state index contributed by atoms with van der Waals surface area (Å²) in [5.74, 6) is 0.768. The number of amides is 1. The molecule has 0 heterocycles. The molecular weight excluding hydrogens is 318 g/mol. The van der Waals surface area contributed by atoms with Crippen LogP contribution >= 0.6 is 0 Å². The first-order chi connectivity index (χ1) is 11.8. The first-order valence-electron chi connectivity index (χ1n) is 9.00. The molecule has 0 unspecified atom stereocenters. The Bertz CT molecular complexity index is 626. The summed E-state index contributed by atoms with van der Waals surface area (Å²) >= 11 is 0. The third-order valence-corrected chi connectivity index (χ3v) is 4.99. The van der Waals surface area contributed by atoms with Crippen LogP contribution in [0.1, 0.15) is 56.0 Å². The molecule has 5 heteroatoms. The molecule has 0 saturated heterocycles. The van der Waals surface area contributed by atoms with Crippen LogP contribution in [0.5, 0.6) is 5.75 Å². The highest BCUT2D eigenvalue weighted by molar-refractivity contribution is 5.95. The van der Waals surface area contributed by atoms with E-state index in [1.807, 2.05) is 6.92 Å². The fourth-order valence-corrected chi connectivity index (χ4v) is 3.54. The maximum atomic E-state index is 12.3. The van der Waals surface area contributed by atoms with Gasteiger partial charge < -0.3 is 15.2 Å². The number of aryl methyl sites for hydroxylation is 1. The Morgan fingerprint density at radius 1 is 1.28 bits per heavy atom. The first-order valence-corrected chi connectivity index (χ1v) is 9.00. The highest BCUT2D eigenvalue weighted by Gasteiger charge is 2.33. The normalized spacial score (nSPS) is 23.3. The lowest BCUT2D eigenvalue weighted by atomic mass is 9.75. The molecule has 25 heavy (non-hydrogen) atoms. The van der Waals surface area contributed by atoms with Gasteiger partial charge in [-0.3, -0.25) is 4.79 Å².